The minimum atomic E-state index is -0.665. The topological polar surface area (TPSA) is 47.9 Å². The Balaban J connectivity index is 1.88. The third-order valence-corrected chi connectivity index (χ3v) is 5.69. The van der Waals surface area contributed by atoms with E-state index < -0.39 is 6.29 Å². The molecular weight excluding hydrogens is 280 g/mol. The first kappa shape index (κ1) is 18.2. The van der Waals surface area contributed by atoms with E-state index in [1.807, 2.05) is 0 Å². The first-order valence-corrected chi connectivity index (χ1v) is 9.03. The van der Waals surface area contributed by atoms with Crippen molar-refractivity contribution in [3.8, 4) is 0 Å². The van der Waals surface area contributed by atoms with Gasteiger partial charge in [0.2, 0.25) is 0 Å². The lowest BCUT2D eigenvalue weighted by Gasteiger charge is -2.41. The Bertz CT molecular complexity index is 309. The number of hydrogen-bond donors (Lipinski definition) is 1. The molecule has 0 spiro atoms. The monoisotopic (exact) mass is 314 g/mol. The van der Waals surface area contributed by atoms with Crippen molar-refractivity contribution >= 4 is 0 Å². The molecule has 1 N–H and O–H groups in total. The van der Waals surface area contributed by atoms with Crippen molar-refractivity contribution in [3.63, 3.8) is 0 Å². The van der Waals surface area contributed by atoms with Crippen LogP contribution in [-0.2, 0) is 14.2 Å². The summed E-state index contributed by atoms with van der Waals surface area (Å²) in [6.45, 7) is 6.43. The molecule has 1 aliphatic carbocycles. The first-order chi connectivity index (χ1) is 10.6. The SMILES string of the molecule is COCCCOC(O)C(C)C1CCCC2CCC(C)OCC21. The third kappa shape index (κ3) is 4.92. The van der Waals surface area contributed by atoms with Crippen molar-refractivity contribution in [2.45, 2.75) is 64.8 Å². The van der Waals surface area contributed by atoms with E-state index in [1.165, 1.54) is 32.1 Å². The van der Waals surface area contributed by atoms with Crippen LogP contribution in [0.15, 0.2) is 0 Å². The normalized spacial score (nSPS) is 35.5. The van der Waals surface area contributed by atoms with Crippen molar-refractivity contribution in [2.24, 2.45) is 23.7 Å². The van der Waals surface area contributed by atoms with E-state index in [1.54, 1.807) is 7.11 Å². The first-order valence-electron chi connectivity index (χ1n) is 9.03. The largest absolute Gasteiger partial charge is 0.385 e. The summed E-state index contributed by atoms with van der Waals surface area (Å²) < 4.78 is 16.6. The van der Waals surface area contributed by atoms with Gasteiger partial charge in [-0.2, -0.15) is 0 Å². The fourth-order valence-corrected chi connectivity index (χ4v) is 4.24. The van der Waals surface area contributed by atoms with E-state index in [4.69, 9.17) is 14.2 Å². The second kappa shape index (κ2) is 9.21. The Morgan fingerprint density at radius 3 is 2.77 bits per heavy atom. The second-order valence-electron chi connectivity index (χ2n) is 7.21. The number of fused-ring (bicyclic) bond motifs is 1. The van der Waals surface area contributed by atoms with Gasteiger partial charge >= 0.3 is 0 Å². The molecule has 4 nitrogen and oxygen atoms in total. The molecule has 2 fully saturated rings. The summed E-state index contributed by atoms with van der Waals surface area (Å²) in [4.78, 5) is 0. The average Bonchev–Trinajstić information content (AvgIpc) is 2.72. The minimum Gasteiger partial charge on any atom is -0.385 e. The smallest absolute Gasteiger partial charge is 0.157 e. The van der Waals surface area contributed by atoms with Crippen molar-refractivity contribution in [3.05, 3.63) is 0 Å². The summed E-state index contributed by atoms with van der Waals surface area (Å²) >= 11 is 0. The van der Waals surface area contributed by atoms with Gasteiger partial charge in [-0.25, -0.2) is 0 Å². The van der Waals surface area contributed by atoms with Crippen LogP contribution in [0.4, 0.5) is 0 Å². The van der Waals surface area contributed by atoms with E-state index in [0.717, 1.165) is 18.9 Å². The molecule has 130 valence electrons. The third-order valence-electron chi connectivity index (χ3n) is 5.69. The quantitative estimate of drug-likeness (QED) is 0.579. The Kier molecular flexibility index (Phi) is 7.61. The summed E-state index contributed by atoms with van der Waals surface area (Å²) in [6.07, 6.45) is 6.81. The van der Waals surface area contributed by atoms with Crippen LogP contribution in [0.3, 0.4) is 0 Å². The van der Waals surface area contributed by atoms with Crippen molar-refractivity contribution in [1.29, 1.82) is 0 Å². The zero-order valence-corrected chi connectivity index (χ0v) is 14.5. The highest BCUT2D eigenvalue weighted by molar-refractivity contribution is 4.87. The Labute approximate surface area is 135 Å². The zero-order valence-electron chi connectivity index (χ0n) is 14.5. The standard InChI is InChI=1S/C18H34O4/c1-13-8-9-15-6-4-7-16(17(15)12-22-13)14(2)18(19)21-11-5-10-20-3/h13-19H,4-12H2,1-3H3. The van der Waals surface area contributed by atoms with E-state index >= 15 is 0 Å². The van der Waals surface area contributed by atoms with Crippen LogP contribution in [0.1, 0.15) is 52.4 Å². The molecule has 0 aromatic heterocycles. The molecular formula is C18H34O4. The molecule has 0 radical (unpaired) electrons. The number of aliphatic hydroxyl groups excluding tert-OH is 1. The molecule has 1 saturated carbocycles. The maximum atomic E-state index is 10.4. The van der Waals surface area contributed by atoms with Crippen molar-refractivity contribution in [2.75, 3.05) is 26.9 Å². The molecule has 22 heavy (non-hydrogen) atoms. The second-order valence-corrected chi connectivity index (χ2v) is 7.21. The molecule has 4 heteroatoms. The number of rotatable bonds is 7. The van der Waals surface area contributed by atoms with Crippen LogP contribution in [0.5, 0.6) is 0 Å². The molecule has 2 rings (SSSR count). The van der Waals surface area contributed by atoms with Crippen LogP contribution < -0.4 is 0 Å². The molecule has 0 amide bonds. The number of methoxy groups -OCH3 is 1. The lowest BCUT2D eigenvalue weighted by Crippen LogP contribution is -2.39. The molecule has 1 aliphatic heterocycles. The molecule has 0 aromatic rings. The lowest BCUT2D eigenvalue weighted by molar-refractivity contribution is -0.157. The highest BCUT2D eigenvalue weighted by Crippen LogP contribution is 2.44. The Morgan fingerprint density at radius 1 is 1.18 bits per heavy atom. The molecule has 1 saturated heterocycles. The lowest BCUT2D eigenvalue weighted by atomic mass is 9.66. The van der Waals surface area contributed by atoms with Gasteiger partial charge in [0.1, 0.15) is 0 Å². The molecule has 0 bridgehead atoms. The van der Waals surface area contributed by atoms with Gasteiger partial charge in [0.25, 0.3) is 0 Å². The van der Waals surface area contributed by atoms with Gasteiger partial charge in [-0.3, -0.25) is 0 Å². The van der Waals surface area contributed by atoms with Gasteiger partial charge in [0, 0.05) is 19.6 Å². The van der Waals surface area contributed by atoms with Crippen LogP contribution in [0, 0.1) is 23.7 Å². The van der Waals surface area contributed by atoms with Crippen molar-refractivity contribution in [1.82, 2.24) is 0 Å². The van der Waals surface area contributed by atoms with Crippen molar-refractivity contribution < 1.29 is 19.3 Å². The fourth-order valence-electron chi connectivity index (χ4n) is 4.24. The molecule has 2 aliphatic rings. The summed E-state index contributed by atoms with van der Waals surface area (Å²) in [6, 6.07) is 0. The number of ether oxygens (including phenoxy) is 3. The highest BCUT2D eigenvalue weighted by atomic mass is 16.6. The predicted octanol–water partition coefficient (Wildman–Crippen LogP) is 3.23. The number of hydrogen-bond acceptors (Lipinski definition) is 4. The van der Waals surface area contributed by atoms with Crippen LogP contribution in [0.2, 0.25) is 0 Å². The van der Waals surface area contributed by atoms with Gasteiger partial charge in [0.15, 0.2) is 6.29 Å². The Morgan fingerprint density at radius 2 is 2.00 bits per heavy atom. The maximum Gasteiger partial charge on any atom is 0.157 e. The van der Waals surface area contributed by atoms with Gasteiger partial charge in [0.05, 0.1) is 19.3 Å². The molecule has 6 unspecified atom stereocenters. The fraction of sp³-hybridized carbons (Fsp3) is 1.00. The van der Waals surface area contributed by atoms with Gasteiger partial charge in [-0.1, -0.05) is 19.8 Å². The van der Waals surface area contributed by atoms with E-state index in [-0.39, 0.29) is 5.92 Å². The molecule has 0 aromatic carbocycles. The van der Waals surface area contributed by atoms with Gasteiger partial charge < -0.3 is 19.3 Å². The van der Waals surface area contributed by atoms with Gasteiger partial charge in [-0.15, -0.1) is 0 Å². The van der Waals surface area contributed by atoms with Gasteiger partial charge in [-0.05, 0) is 50.4 Å². The van der Waals surface area contributed by atoms with E-state index in [9.17, 15) is 5.11 Å². The zero-order chi connectivity index (χ0) is 15.9. The molecule has 6 atom stereocenters. The minimum absolute atomic E-state index is 0.173. The predicted molar refractivity (Wildman–Crippen MR) is 86.6 cm³/mol. The number of aliphatic hydroxyl groups is 1. The summed E-state index contributed by atoms with van der Waals surface area (Å²) in [7, 11) is 1.69. The summed E-state index contributed by atoms with van der Waals surface area (Å²) in [5.41, 5.74) is 0. The highest BCUT2D eigenvalue weighted by Gasteiger charge is 2.40. The summed E-state index contributed by atoms with van der Waals surface area (Å²) in [5, 5.41) is 10.4. The van der Waals surface area contributed by atoms with Crippen LogP contribution >= 0.6 is 0 Å². The van der Waals surface area contributed by atoms with E-state index in [0.29, 0.717) is 31.2 Å². The van der Waals surface area contributed by atoms with Crippen LogP contribution in [-0.4, -0.2) is 44.4 Å². The maximum absolute atomic E-state index is 10.4. The summed E-state index contributed by atoms with van der Waals surface area (Å²) in [5.74, 6) is 2.05. The average molecular weight is 314 g/mol. The van der Waals surface area contributed by atoms with E-state index in [2.05, 4.69) is 13.8 Å². The van der Waals surface area contributed by atoms with Crippen LogP contribution in [0.25, 0.3) is 0 Å². The Hall–Kier alpha value is -0.160. The molecule has 1 heterocycles.